The van der Waals surface area contributed by atoms with Crippen molar-refractivity contribution in [3.05, 3.63) is 47.7 Å². The predicted octanol–water partition coefficient (Wildman–Crippen LogP) is 4.05. The van der Waals surface area contributed by atoms with Gasteiger partial charge in [0.15, 0.2) is 0 Å². The molecule has 1 aromatic carbocycles. The van der Waals surface area contributed by atoms with Crippen LogP contribution in [-0.4, -0.2) is 18.7 Å². The van der Waals surface area contributed by atoms with E-state index in [1.54, 1.807) is 19.4 Å². The maximum Gasteiger partial charge on any atom is 0.339 e. The van der Waals surface area contributed by atoms with Crippen molar-refractivity contribution in [1.29, 1.82) is 0 Å². The first-order valence-electron chi connectivity index (χ1n) is 6.80. The average molecular weight is 288 g/mol. The van der Waals surface area contributed by atoms with Gasteiger partial charge in [0, 0.05) is 18.2 Å². The van der Waals surface area contributed by atoms with E-state index < -0.39 is 5.60 Å². The van der Waals surface area contributed by atoms with E-state index >= 15 is 0 Å². The van der Waals surface area contributed by atoms with Crippen molar-refractivity contribution in [2.45, 2.75) is 33.0 Å². The van der Waals surface area contributed by atoms with Crippen LogP contribution in [0.25, 0.3) is 11.3 Å². The van der Waals surface area contributed by atoms with Crippen molar-refractivity contribution in [3.63, 3.8) is 0 Å². The van der Waals surface area contributed by atoms with Gasteiger partial charge in [0.2, 0.25) is 0 Å². The second kappa shape index (κ2) is 6.14. The molecule has 0 N–H and O–H groups in total. The van der Waals surface area contributed by atoms with Crippen molar-refractivity contribution in [2.24, 2.45) is 0 Å². The number of hydrogen-bond acceptors (Lipinski definition) is 4. The molecule has 0 amide bonds. The predicted molar refractivity (Wildman–Crippen MR) is 80.0 cm³/mol. The first-order chi connectivity index (χ1) is 9.92. The van der Waals surface area contributed by atoms with Crippen molar-refractivity contribution < 1.29 is 18.7 Å². The number of carbonyl (C=O) groups is 1. The van der Waals surface area contributed by atoms with E-state index in [4.69, 9.17) is 13.9 Å². The Kier molecular flexibility index (Phi) is 4.48. The lowest BCUT2D eigenvalue weighted by atomic mass is 9.99. The van der Waals surface area contributed by atoms with Crippen LogP contribution in [0.5, 0.6) is 0 Å². The minimum Gasteiger partial charge on any atom is -0.464 e. The molecular weight excluding hydrogens is 268 g/mol. The van der Waals surface area contributed by atoms with Crippen LogP contribution in [0.2, 0.25) is 0 Å². The van der Waals surface area contributed by atoms with Crippen LogP contribution in [0, 0.1) is 0 Å². The van der Waals surface area contributed by atoms with Crippen LogP contribution in [0.15, 0.2) is 41.0 Å². The molecule has 21 heavy (non-hydrogen) atoms. The van der Waals surface area contributed by atoms with Crippen molar-refractivity contribution in [3.8, 4) is 11.3 Å². The minimum atomic E-state index is -0.540. The number of carbonyl (C=O) groups excluding carboxylic acids is 1. The standard InChI is InChI=1S/C17H20O4/c1-17(2,3)21-16(18)13-8-5-7-12(14(13)11-19-4)15-9-6-10-20-15/h5-10H,11H2,1-4H3. The van der Waals surface area contributed by atoms with E-state index in [-0.39, 0.29) is 5.97 Å². The quantitative estimate of drug-likeness (QED) is 0.796. The van der Waals surface area contributed by atoms with Gasteiger partial charge in [-0.1, -0.05) is 12.1 Å². The van der Waals surface area contributed by atoms with E-state index in [9.17, 15) is 4.79 Å². The second-order valence-electron chi connectivity index (χ2n) is 5.74. The van der Waals surface area contributed by atoms with Gasteiger partial charge in [0.05, 0.1) is 18.4 Å². The van der Waals surface area contributed by atoms with Crippen LogP contribution in [-0.2, 0) is 16.1 Å². The Morgan fingerprint density at radius 1 is 1.19 bits per heavy atom. The number of furan rings is 1. The van der Waals surface area contributed by atoms with Crippen molar-refractivity contribution in [1.82, 2.24) is 0 Å². The Balaban J connectivity index is 2.46. The lowest BCUT2D eigenvalue weighted by Crippen LogP contribution is -2.24. The number of benzene rings is 1. The molecule has 0 fully saturated rings. The molecule has 0 unspecified atom stereocenters. The van der Waals surface area contributed by atoms with Gasteiger partial charge in [-0.3, -0.25) is 0 Å². The fraction of sp³-hybridized carbons (Fsp3) is 0.353. The summed E-state index contributed by atoms with van der Waals surface area (Å²) in [6.45, 7) is 5.84. The van der Waals surface area contributed by atoms with Gasteiger partial charge >= 0.3 is 5.97 Å². The molecule has 4 heteroatoms. The molecule has 2 aromatic rings. The molecule has 0 saturated heterocycles. The molecule has 1 heterocycles. The smallest absolute Gasteiger partial charge is 0.339 e. The summed E-state index contributed by atoms with van der Waals surface area (Å²) in [5, 5.41) is 0. The summed E-state index contributed by atoms with van der Waals surface area (Å²) in [6, 6.07) is 9.13. The van der Waals surface area contributed by atoms with Gasteiger partial charge in [0.1, 0.15) is 11.4 Å². The highest BCUT2D eigenvalue weighted by atomic mass is 16.6. The molecule has 0 atom stereocenters. The lowest BCUT2D eigenvalue weighted by Gasteiger charge is -2.21. The van der Waals surface area contributed by atoms with Crippen LogP contribution in [0.3, 0.4) is 0 Å². The van der Waals surface area contributed by atoms with Gasteiger partial charge in [-0.25, -0.2) is 4.79 Å². The number of hydrogen-bond donors (Lipinski definition) is 0. The highest BCUT2D eigenvalue weighted by molar-refractivity contribution is 5.93. The normalized spacial score (nSPS) is 11.4. The number of methoxy groups -OCH3 is 1. The van der Waals surface area contributed by atoms with Crippen LogP contribution >= 0.6 is 0 Å². The summed E-state index contributed by atoms with van der Waals surface area (Å²) in [5.74, 6) is 0.343. The molecule has 0 saturated carbocycles. The third-order valence-corrected chi connectivity index (χ3v) is 2.87. The molecule has 4 nitrogen and oxygen atoms in total. The van der Waals surface area contributed by atoms with E-state index in [1.807, 2.05) is 45.0 Å². The maximum absolute atomic E-state index is 12.4. The van der Waals surface area contributed by atoms with Crippen molar-refractivity contribution >= 4 is 5.97 Å². The van der Waals surface area contributed by atoms with E-state index in [0.717, 1.165) is 11.1 Å². The third kappa shape index (κ3) is 3.73. The summed E-state index contributed by atoms with van der Waals surface area (Å²) < 4.78 is 16.1. The number of esters is 1. The maximum atomic E-state index is 12.4. The summed E-state index contributed by atoms with van der Waals surface area (Å²) in [5.41, 5.74) is 1.57. The molecule has 0 aliphatic carbocycles. The third-order valence-electron chi connectivity index (χ3n) is 2.87. The molecule has 2 rings (SSSR count). The Morgan fingerprint density at radius 3 is 2.52 bits per heavy atom. The number of ether oxygens (including phenoxy) is 2. The molecule has 0 aliphatic rings. The summed E-state index contributed by atoms with van der Waals surface area (Å²) in [7, 11) is 1.60. The molecular formula is C17H20O4. The second-order valence-corrected chi connectivity index (χ2v) is 5.74. The lowest BCUT2D eigenvalue weighted by molar-refractivity contribution is 0.00660. The summed E-state index contributed by atoms with van der Waals surface area (Å²) >= 11 is 0. The monoisotopic (exact) mass is 288 g/mol. The highest BCUT2D eigenvalue weighted by Gasteiger charge is 2.22. The van der Waals surface area contributed by atoms with Crippen LogP contribution in [0.1, 0.15) is 36.7 Å². The Bertz CT molecular complexity index is 606. The average Bonchev–Trinajstić information content (AvgIpc) is 2.91. The van der Waals surface area contributed by atoms with Gasteiger partial charge in [0.25, 0.3) is 0 Å². The molecule has 0 radical (unpaired) electrons. The number of rotatable bonds is 4. The molecule has 1 aromatic heterocycles. The minimum absolute atomic E-state index is 0.311. The summed E-state index contributed by atoms with van der Waals surface area (Å²) in [6.07, 6.45) is 1.60. The zero-order valence-corrected chi connectivity index (χ0v) is 12.8. The Hall–Kier alpha value is -2.07. The zero-order chi connectivity index (χ0) is 15.5. The largest absolute Gasteiger partial charge is 0.464 e. The fourth-order valence-corrected chi connectivity index (χ4v) is 2.07. The fourth-order valence-electron chi connectivity index (χ4n) is 2.07. The van der Waals surface area contributed by atoms with Gasteiger partial charge in [-0.05, 0) is 39.0 Å². The highest BCUT2D eigenvalue weighted by Crippen LogP contribution is 2.28. The molecule has 112 valence electrons. The first-order valence-corrected chi connectivity index (χ1v) is 6.80. The zero-order valence-electron chi connectivity index (χ0n) is 12.8. The van der Waals surface area contributed by atoms with E-state index in [2.05, 4.69) is 0 Å². The molecule has 0 spiro atoms. The van der Waals surface area contributed by atoms with Crippen LogP contribution in [0.4, 0.5) is 0 Å². The van der Waals surface area contributed by atoms with Crippen molar-refractivity contribution in [2.75, 3.05) is 7.11 Å². The van der Waals surface area contributed by atoms with Gasteiger partial charge < -0.3 is 13.9 Å². The Labute approximate surface area is 124 Å². The first kappa shape index (κ1) is 15.3. The Morgan fingerprint density at radius 2 is 1.95 bits per heavy atom. The summed E-state index contributed by atoms with van der Waals surface area (Å²) in [4.78, 5) is 12.4. The molecule has 0 aliphatic heterocycles. The van der Waals surface area contributed by atoms with E-state index in [0.29, 0.717) is 17.9 Å². The SMILES string of the molecule is COCc1c(C(=O)OC(C)(C)C)cccc1-c1ccco1. The topological polar surface area (TPSA) is 48.7 Å². The molecule has 0 bridgehead atoms. The van der Waals surface area contributed by atoms with Crippen LogP contribution < -0.4 is 0 Å². The van der Waals surface area contributed by atoms with Gasteiger partial charge in [-0.15, -0.1) is 0 Å². The van der Waals surface area contributed by atoms with E-state index in [1.165, 1.54) is 0 Å². The van der Waals surface area contributed by atoms with Gasteiger partial charge in [-0.2, -0.15) is 0 Å².